The molecule has 0 aliphatic carbocycles. The van der Waals surface area contributed by atoms with Gasteiger partial charge in [-0.2, -0.15) is 11.8 Å². The van der Waals surface area contributed by atoms with E-state index in [1.54, 1.807) is 11.3 Å². The van der Waals surface area contributed by atoms with Crippen molar-refractivity contribution in [3.63, 3.8) is 0 Å². The lowest BCUT2D eigenvalue weighted by atomic mass is 10.2. The fourth-order valence-electron chi connectivity index (χ4n) is 1.22. The smallest absolute Gasteiger partial charge is 0.0302 e. The summed E-state index contributed by atoms with van der Waals surface area (Å²) in [5.41, 5.74) is 5.68. The van der Waals surface area contributed by atoms with Crippen LogP contribution in [0.5, 0.6) is 0 Å². The summed E-state index contributed by atoms with van der Waals surface area (Å²) < 4.78 is 0. The van der Waals surface area contributed by atoms with Gasteiger partial charge in [-0.25, -0.2) is 0 Å². The van der Waals surface area contributed by atoms with Gasteiger partial charge in [0.25, 0.3) is 0 Å². The second-order valence-corrected chi connectivity index (χ2v) is 5.19. The Kier molecular flexibility index (Phi) is 6.27. The molecule has 14 heavy (non-hydrogen) atoms. The highest BCUT2D eigenvalue weighted by Crippen LogP contribution is 2.08. The average molecular weight is 230 g/mol. The largest absolute Gasteiger partial charge is 0.329 e. The molecule has 1 aromatic heterocycles. The molecule has 0 radical (unpaired) electrons. The average Bonchev–Trinajstić information content (AvgIpc) is 2.71. The SMILES string of the molecule is CSCCC(CN)NCc1cccs1. The quantitative estimate of drug-likeness (QED) is 0.751. The van der Waals surface area contributed by atoms with Gasteiger partial charge in [-0.05, 0) is 29.9 Å². The fourth-order valence-corrected chi connectivity index (χ4v) is 2.40. The predicted molar refractivity (Wildman–Crippen MR) is 67.0 cm³/mol. The van der Waals surface area contributed by atoms with Crippen LogP contribution >= 0.6 is 23.1 Å². The van der Waals surface area contributed by atoms with E-state index >= 15 is 0 Å². The third kappa shape index (κ3) is 4.46. The van der Waals surface area contributed by atoms with Gasteiger partial charge in [-0.15, -0.1) is 11.3 Å². The molecule has 0 spiro atoms. The lowest BCUT2D eigenvalue weighted by Crippen LogP contribution is -2.35. The van der Waals surface area contributed by atoms with Crippen LogP contribution in [-0.2, 0) is 6.54 Å². The summed E-state index contributed by atoms with van der Waals surface area (Å²) in [7, 11) is 0. The van der Waals surface area contributed by atoms with Crippen molar-refractivity contribution in [2.45, 2.75) is 19.0 Å². The van der Waals surface area contributed by atoms with Gasteiger partial charge in [0, 0.05) is 24.0 Å². The van der Waals surface area contributed by atoms with E-state index in [0.29, 0.717) is 6.04 Å². The van der Waals surface area contributed by atoms with Crippen LogP contribution in [0.25, 0.3) is 0 Å². The van der Waals surface area contributed by atoms with Crippen molar-refractivity contribution in [2.75, 3.05) is 18.6 Å². The first-order chi connectivity index (χ1) is 6.86. The molecule has 1 atom stereocenters. The Labute approximate surface area is 94.3 Å². The summed E-state index contributed by atoms with van der Waals surface area (Å²) in [6.45, 7) is 1.68. The molecule has 1 rings (SSSR count). The first-order valence-electron chi connectivity index (χ1n) is 4.81. The van der Waals surface area contributed by atoms with Gasteiger partial charge in [-0.3, -0.25) is 0 Å². The van der Waals surface area contributed by atoms with Gasteiger partial charge in [0.05, 0.1) is 0 Å². The molecule has 0 aromatic carbocycles. The molecule has 0 aliphatic heterocycles. The number of nitrogens with one attached hydrogen (secondary N) is 1. The number of thiophene rings is 1. The van der Waals surface area contributed by atoms with Crippen LogP contribution in [-0.4, -0.2) is 24.6 Å². The minimum Gasteiger partial charge on any atom is -0.329 e. The van der Waals surface area contributed by atoms with Crippen molar-refractivity contribution in [1.82, 2.24) is 5.32 Å². The molecule has 1 aromatic rings. The van der Waals surface area contributed by atoms with Gasteiger partial charge in [0.15, 0.2) is 0 Å². The van der Waals surface area contributed by atoms with Crippen molar-refractivity contribution in [2.24, 2.45) is 5.73 Å². The van der Waals surface area contributed by atoms with Crippen molar-refractivity contribution in [3.05, 3.63) is 22.4 Å². The zero-order valence-electron chi connectivity index (χ0n) is 8.53. The van der Waals surface area contributed by atoms with E-state index in [1.807, 2.05) is 11.8 Å². The molecule has 0 fully saturated rings. The van der Waals surface area contributed by atoms with E-state index in [9.17, 15) is 0 Å². The molecule has 1 heterocycles. The zero-order chi connectivity index (χ0) is 10.2. The second kappa shape index (κ2) is 7.29. The highest BCUT2D eigenvalue weighted by molar-refractivity contribution is 7.98. The first kappa shape index (κ1) is 12.0. The van der Waals surface area contributed by atoms with E-state index in [2.05, 4.69) is 29.1 Å². The molecule has 3 N–H and O–H groups in total. The van der Waals surface area contributed by atoms with Crippen LogP contribution in [0.1, 0.15) is 11.3 Å². The predicted octanol–water partition coefficient (Wildman–Crippen LogP) is 1.92. The van der Waals surface area contributed by atoms with Crippen LogP contribution in [0.15, 0.2) is 17.5 Å². The van der Waals surface area contributed by atoms with Gasteiger partial charge in [0.2, 0.25) is 0 Å². The van der Waals surface area contributed by atoms with E-state index in [-0.39, 0.29) is 0 Å². The Morgan fingerprint density at radius 1 is 1.64 bits per heavy atom. The molecular formula is C10H18N2S2. The Hall–Kier alpha value is -0.0300. The normalized spacial score (nSPS) is 13.0. The third-order valence-electron chi connectivity index (χ3n) is 2.10. The number of hydrogen-bond acceptors (Lipinski definition) is 4. The van der Waals surface area contributed by atoms with E-state index < -0.39 is 0 Å². The van der Waals surface area contributed by atoms with Crippen molar-refractivity contribution >= 4 is 23.1 Å². The lowest BCUT2D eigenvalue weighted by Gasteiger charge is -2.15. The number of nitrogens with two attached hydrogens (primary N) is 1. The summed E-state index contributed by atoms with van der Waals surface area (Å²) >= 11 is 3.67. The Bertz CT molecular complexity index is 224. The molecule has 80 valence electrons. The topological polar surface area (TPSA) is 38.0 Å². The van der Waals surface area contributed by atoms with Crippen LogP contribution in [0, 0.1) is 0 Å². The maximum atomic E-state index is 5.68. The minimum absolute atomic E-state index is 0.463. The summed E-state index contributed by atoms with van der Waals surface area (Å²) in [6.07, 6.45) is 3.29. The molecule has 0 saturated carbocycles. The maximum absolute atomic E-state index is 5.68. The zero-order valence-corrected chi connectivity index (χ0v) is 10.2. The van der Waals surface area contributed by atoms with Crippen LogP contribution in [0.2, 0.25) is 0 Å². The van der Waals surface area contributed by atoms with Gasteiger partial charge in [0.1, 0.15) is 0 Å². The molecular weight excluding hydrogens is 212 g/mol. The fraction of sp³-hybridized carbons (Fsp3) is 0.600. The highest BCUT2D eigenvalue weighted by Gasteiger charge is 2.05. The first-order valence-corrected chi connectivity index (χ1v) is 7.09. The second-order valence-electron chi connectivity index (χ2n) is 3.17. The minimum atomic E-state index is 0.463. The molecule has 2 nitrogen and oxygen atoms in total. The molecule has 4 heteroatoms. The molecule has 0 bridgehead atoms. The van der Waals surface area contributed by atoms with E-state index in [1.165, 1.54) is 10.6 Å². The Morgan fingerprint density at radius 3 is 3.07 bits per heavy atom. The molecule has 0 aliphatic rings. The number of hydrogen-bond donors (Lipinski definition) is 2. The number of thioether (sulfide) groups is 1. The summed E-state index contributed by atoms with van der Waals surface area (Å²) in [5, 5.41) is 5.59. The monoisotopic (exact) mass is 230 g/mol. The molecule has 0 amide bonds. The van der Waals surface area contributed by atoms with Gasteiger partial charge in [-0.1, -0.05) is 6.07 Å². The van der Waals surface area contributed by atoms with Crippen LogP contribution in [0.4, 0.5) is 0 Å². The van der Waals surface area contributed by atoms with Crippen molar-refractivity contribution in [1.29, 1.82) is 0 Å². The Morgan fingerprint density at radius 2 is 2.50 bits per heavy atom. The summed E-state index contributed by atoms with van der Waals surface area (Å²) in [6, 6.07) is 4.70. The molecule has 0 saturated heterocycles. The van der Waals surface area contributed by atoms with Crippen LogP contribution < -0.4 is 11.1 Å². The van der Waals surface area contributed by atoms with Crippen molar-refractivity contribution in [3.8, 4) is 0 Å². The third-order valence-corrected chi connectivity index (χ3v) is 3.62. The molecule has 1 unspecified atom stereocenters. The summed E-state index contributed by atoms with van der Waals surface area (Å²) in [5.74, 6) is 1.18. The summed E-state index contributed by atoms with van der Waals surface area (Å²) in [4.78, 5) is 1.38. The van der Waals surface area contributed by atoms with Crippen LogP contribution in [0.3, 0.4) is 0 Å². The Balaban J connectivity index is 2.20. The lowest BCUT2D eigenvalue weighted by molar-refractivity contribution is 0.511. The maximum Gasteiger partial charge on any atom is 0.0302 e. The highest BCUT2D eigenvalue weighted by atomic mass is 32.2. The van der Waals surface area contributed by atoms with Gasteiger partial charge < -0.3 is 11.1 Å². The number of rotatable bonds is 7. The van der Waals surface area contributed by atoms with E-state index in [0.717, 1.165) is 19.5 Å². The standard InChI is InChI=1S/C10H18N2S2/c1-13-6-4-9(7-11)12-8-10-3-2-5-14-10/h2-3,5,9,12H,4,6-8,11H2,1H3. The van der Waals surface area contributed by atoms with Crippen molar-refractivity contribution < 1.29 is 0 Å². The van der Waals surface area contributed by atoms with Gasteiger partial charge >= 0.3 is 0 Å². The van der Waals surface area contributed by atoms with E-state index in [4.69, 9.17) is 5.73 Å².